The molecule has 0 bridgehead atoms. The smallest absolute Gasteiger partial charge is 0.0237 e. The quantitative estimate of drug-likeness (QED) is 0.690. The Labute approximate surface area is 127 Å². The Kier molecular flexibility index (Phi) is 4.84. The third-order valence-electron chi connectivity index (χ3n) is 3.36. The van der Waals surface area contributed by atoms with Crippen molar-refractivity contribution in [2.24, 2.45) is 0 Å². The second-order valence-electron chi connectivity index (χ2n) is 4.43. The fourth-order valence-corrected chi connectivity index (χ4v) is 3.86. The number of thiophene rings is 1. The molecule has 1 unspecified atom stereocenters. The van der Waals surface area contributed by atoms with Crippen LogP contribution in [-0.2, 0) is 6.42 Å². The summed E-state index contributed by atoms with van der Waals surface area (Å²) in [6.45, 7) is 2.14. The lowest BCUT2D eigenvalue weighted by molar-refractivity contribution is 0.487. The zero-order valence-corrected chi connectivity index (χ0v) is 13.1. The van der Waals surface area contributed by atoms with Crippen molar-refractivity contribution in [2.45, 2.75) is 12.3 Å². The average Bonchev–Trinajstić information content (AvgIpc) is 2.77. The van der Waals surface area contributed by atoms with Crippen LogP contribution in [0.3, 0.4) is 0 Å². The number of hydrogen-bond donors (Lipinski definition) is 0. The Morgan fingerprint density at radius 2 is 1.94 bits per heavy atom. The normalized spacial score (nSPS) is 19.7. The van der Waals surface area contributed by atoms with Crippen molar-refractivity contribution < 1.29 is 0 Å². The molecule has 2 aromatic rings. The Morgan fingerprint density at radius 1 is 1.17 bits per heavy atom. The second kappa shape index (κ2) is 6.20. The molecule has 1 aromatic carbocycles. The van der Waals surface area contributed by atoms with Crippen molar-refractivity contribution in [2.75, 3.05) is 13.1 Å². The van der Waals surface area contributed by atoms with E-state index in [1.54, 1.807) is 0 Å². The summed E-state index contributed by atoms with van der Waals surface area (Å²) >= 11 is 5.49. The van der Waals surface area contributed by atoms with Gasteiger partial charge in [-0.25, -0.2) is 3.93 Å². The van der Waals surface area contributed by atoms with E-state index in [1.807, 2.05) is 11.3 Å². The van der Waals surface area contributed by atoms with E-state index in [2.05, 4.69) is 61.2 Å². The molecule has 0 fully saturated rings. The van der Waals surface area contributed by atoms with E-state index in [1.165, 1.54) is 16.7 Å². The molecule has 1 atom stereocenters. The van der Waals surface area contributed by atoms with E-state index < -0.39 is 0 Å². The molecule has 0 aliphatic carbocycles. The zero-order chi connectivity index (χ0) is 11.7. The van der Waals surface area contributed by atoms with Crippen LogP contribution in [0.25, 0.3) is 0 Å². The van der Waals surface area contributed by atoms with Gasteiger partial charge in [-0.15, -0.1) is 12.4 Å². The minimum Gasteiger partial charge on any atom is -0.241 e. The van der Waals surface area contributed by atoms with Gasteiger partial charge in [0.25, 0.3) is 0 Å². The van der Waals surface area contributed by atoms with Gasteiger partial charge in [0.1, 0.15) is 0 Å². The lowest BCUT2D eigenvalue weighted by atomic mass is 9.91. The summed E-state index contributed by atoms with van der Waals surface area (Å²) < 4.78 is 2.26. The maximum Gasteiger partial charge on any atom is 0.0237 e. The van der Waals surface area contributed by atoms with Gasteiger partial charge in [-0.1, -0.05) is 30.3 Å². The first kappa shape index (κ1) is 14.1. The molecule has 0 spiro atoms. The number of fused-ring (bicyclic) bond motifs is 1. The number of rotatable bonds is 1. The van der Waals surface area contributed by atoms with Crippen LogP contribution in [0.1, 0.15) is 22.6 Å². The molecule has 0 saturated heterocycles. The number of hydrogen-bond acceptors (Lipinski definition) is 2. The number of nitrogens with zero attached hydrogens (tertiary/aromatic N) is 1. The highest BCUT2D eigenvalue weighted by Gasteiger charge is 2.23. The van der Waals surface area contributed by atoms with Crippen LogP contribution in [0.5, 0.6) is 0 Å². The first-order valence-electron chi connectivity index (χ1n) is 5.85. The summed E-state index contributed by atoms with van der Waals surface area (Å²) in [5.74, 6) is 0.499. The molecule has 1 nitrogen and oxygen atoms in total. The molecule has 1 aromatic heterocycles. The van der Waals surface area contributed by atoms with Gasteiger partial charge in [-0.3, -0.25) is 0 Å². The summed E-state index contributed by atoms with van der Waals surface area (Å²) in [5, 5.41) is 4.62. The molecule has 0 radical (unpaired) electrons. The van der Waals surface area contributed by atoms with Crippen molar-refractivity contribution in [3.63, 3.8) is 0 Å². The standard InChI is InChI=1S/C14H14BrNS.ClH/c15-16-7-6-12-9-17-10-14(12)13(8-16)11-4-2-1-3-5-11;/h1-5,9-10,13H,6-8H2;1H. The maximum atomic E-state index is 3.66. The van der Waals surface area contributed by atoms with E-state index in [4.69, 9.17) is 0 Å². The maximum absolute atomic E-state index is 3.66. The largest absolute Gasteiger partial charge is 0.241 e. The molecule has 96 valence electrons. The van der Waals surface area contributed by atoms with Gasteiger partial charge in [0.2, 0.25) is 0 Å². The minimum absolute atomic E-state index is 0. The summed E-state index contributed by atoms with van der Waals surface area (Å²) in [6, 6.07) is 10.8. The first-order valence-corrected chi connectivity index (χ1v) is 7.50. The first-order chi connectivity index (χ1) is 8.34. The molecule has 0 amide bonds. The Hall–Kier alpha value is -0.350. The summed E-state index contributed by atoms with van der Waals surface area (Å²) in [7, 11) is 0. The van der Waals surface area contributed by atoms with Crippen LogP contribution in [-0.4, -0.2) is 17.0 Å². The molecular weight excluding hydrogens is 330 g/mol. The average molecular weight is 345 g/mol. The molecule has 1 aliphatic rings. The topological polar surface area (TPSA) is 3.24 Å². The summed E-state index contributed by atoms with van der Waals surface area (Å²) in [4.78, 5) is 0. The Balaban J connectivity index is 0.00000120. The fourth-order valence-electron chi connectivity index (χ4n) is 2.44. The van der Waals surface area contributed by atoms with Crippen LogP contribution in [0, 0.1) is 0 Å². The summed E-state index contributed by atoms with van der Waals surface area (Å²) in [5.41, 5.74) is 4.45. The predicted molar refractivity (Wildman–Crippen MR) is 84.1 cm³/mol. The van der Waals surface area contributed by atoms with Crippen molar-refractivity contribution in [3.8, 4) is 0 Å². The van der Waals surface area contributed by atoms with Gasteiger partial charge < -0.3 is 0 Å². The number of halogens is 2. The molecule has 2 heterocycles. The van der Waals surface area contributed by atoms with Crippen molar-refractivity contribution in [3.05, 3.63) is 57.8 Å². The van der Waals surface area contributed by atoms with Crippen LogP contribution >= 0.6 is 39.9 Å². The SMILES string of the molecule is BrN1CCc2cscc2C(c2ccccc2)C1.Cl. The molecule has 4 heteroatoms. The zero-order valence-electron chi connectivity index (χ0n) is 9.88. The summed E-state index contributed by atoms with van der Waals surface area (Å²) in [6.07, 6.45) is 1.15. The monoisotopic (exact) mass is 343 g/mol. The molecule has 1 aliphatic heterocycles. The molecular formula is C14H15BrClNS. The molecule has 0 N–H and O–H groups in total. The molecule has 3 rings (SSSR count). The van der Waals surface area contributed by atoms with E-state index in [-0.39, 0.29) is 12.4 Å². The fraction of sp³-hybridized carbons (Fsp3) is 0.286. The van der Waals surface area contributed by atoms with Gasteiger partial charge in [0, 0.05) is 35.2 Å². The molecule has 0 saturated carbocycles. The van der Waals surface area contributed by atoms with Crippen LogP contribution in [0.15, 0.2) is 41.1 Å². The van der Waals surface area contributed by atoms with Crippen LogP contribution in [0.2, 0.25) is 0 Å². The predicted octanol–water partition coefficient (Wildman–Crippen LogP) is 4.47. The van der Waals surface area contributed by atoms with Crippen LogP contribution < -0.4 is 0 Å². The van der Waals surface area contributed by atoms with Gasteiger partial charge in [0.15, 0.2) is 0 Å². The minimum atomic E-state index is 0. The van der Waals surface area contributed by atoms with Gasteiger partial charge in [-0.05, 0) is 33.9 Å². The highest BCUT2D eigenvalue weighted by molar-refractivity contribution is 9.07. The Morgan fingerprint density at radius 3 is 2.72 bits per heavy atom. The van der Waals surface area contributed by atoms with Gasteiger partial charge in [-0.2, -0.15) is 11.3 Å². The van der Waals surface area contributed by atoms with Crippen molar-refractivity contribution in [1.82, 2.24) is 3.93 Å². The number of benzene rings is 1. The van der Waals surface area contributed by atoms with Gasteiger partial charge in [0.05, 0.1) is 0 Å². The lowest BCUT2D eigenvalue weighted by Crippen LogP contribution is -2.18. The highest BCUT2D eigenvalue weighted by Crippen LogP contribution is 2.34. The van der Waals surface area contributed by atoms with Crippen LogP contribution in [0.4, 0.5) is 0 Å². The third kappa shape index (κ3) is 2.80. The lowest BCUT2D eigenvalue weighted by Gasteiger charge is -2.19. The van der Waals surface area contributed by atoms with Crippen molar-refractivity contribution in [1.29, 1.82) is 0 Å². The Bertz CT molecular complexity index is 500. The highest BCUT2D eigenvalue weighted by atomic mass is 79.9. The van der Waals surface area contributed by atoms with E-state index >= 15 is 0 Å². The van der Waals surface area contributed by atoms with Gasteiger partial charge >= 0.3 is 0 Å². The van der Waals surface area contributed by atoms with Crippen molar-refractivity contribution >= 4 is 39.9 Å². The van der Waals surface area contributed by atoms with E-state index in [0.717, 1.165) is 19.5 Å². The molecule has 18 heavy (non-hydrogen) atoms. The second-order valence-corrected chi connectivity index (χ2v) is 6.18. The van der Waals surface area contributed by atoms with E-state index in [0.29, 0.717) is 5.92 Å². The van der Waals surface area contributed by atoms with E-state index in [9.17, 15) is 0 Å². The third-order valence-corrected chi connectivity index (χ3v) is 4.81.